The van der Waals surface area contributed by atoms with E-state index in [4.69, 9.17) is 0 Å². The topological polar surface area (TPSA) is 15.3 Å². The number of hydrogen-bond acceptors (Lipinski definition) is 3. The summed E-state index contributed by atoms with van der Waals surface area (Å²) in [4.78, 5) is 2.50. The molecule has 0 aliphatic carbocycles. The first-order valence-corrected chi connectivity index (χ1v) is 6.44. The van der Waals surface area contributed by atoms with E-state index >= 15 is 0 Å². The predicted octanol–water partition coefficient (Wildman–Crippen LogP) is 1.42. The summed E-state index contributed by atoms with van der Waals surface area (Å²) >= 11 is 2.04. The molecule has 0 radical (unpaired) electrons. The molecule has 1 aliphatic heterocycles. The van der Waals surface area contributed by atoms with Crippen molar-refractivity contribution >= 4 is 11.8 Å². The maximum absolute atomic E-state index is 3.58. The Bertz CT molecular complexity index is 135. The van der Waals surface area contributed by atoms with E-state index in [1.165, 1.54) is 24.6 Å². The maximum Gasteiger partial charge on any atom is 0.0249 e. The molecular weight excluding hydrogens is 180 g/mol. The van der Waals surface area contributed by atoms with Crippen LogP contribution in [0.3, 0.4) is 0 Å². The van der Waals surface area contributed by atoms with Gasteiger partial charge < -0.3 is 5.32 Å². The zero-order valence-electron chi connectivity index (χ0n) is 9.05. The van der Waals surface area contributed by atoms with Crippen molar-refractivity contribution in [3.05, 3.63) is 0 Å². The molecule has 13 heavy (non-hydrogen) atoms. The summed E-state index contributed by atoms with van der Waals surface area (Å²) in [6.45, 7) is 10.3. The van der Waals surface area contributed by atoms with Gasteiger partial charge in [-0.15, -0.1) is 0 Å². The van der Waals surface area contributed by atoms with Gasteiger partial charge in [-0.1, -0.05) is 6.92 Å². The number of nitrogens with zero attached hydrogens (tertiary/aromatic N) is 1. The van der Waals surface area contributed by atoms with E-state index in [9.17, 15) is 0 Å². The van der Waals surface area contributed by atoms with E-state index in [0.717, 1.165) is 12.6 Å². The molecule has 1 N–H and O–H groups in total. The second-order valence-electron chi connectivity index (χ2n) is 3.91. The molecule has 0 atom stereocenters. The summed E-state index contributed by atoms with van der Waals surface area (Å²) in [5, 5.41) is 3.58. The van der Waals surface area contributed by atoms with Gasteiger partial charge in [0.2, 0.25) is 0 Å². The third-order valence-electron chi connectivity index (χ3n) is 2.61. The van der Waals surface area contributed by atoms with Crippen LogP contribution < -0.4 is 5.32 Å². The number of rotatable bonds is 6. The summed E-state index contributed by atoms with van der Waals surface area (Å²) in [5.41, 5.74) is 0. The normalized spacial score (nSPS) is 18.2. The second-order valence-corrected chi connectivity index (χ2v) is 4.99. The minimum Gasteiger partial charge on any atom is -0.311 e. The van der Waals surface area contributed by atoms with Gasteiger partial charge in [0.15, 0.2) is 0 Å². The second kappa shape index (κ2) is 5.89. The highest BCUT2D eigenvalue weighted by atomic mass is 32.2. The molecule has 1 rings (SSSR count). The van der Waals surface area contributed by atoms with Crippen LogP contribution in [0, 0.1) is 0 Å². The van der Waals surface area contributed by atoms with Crippen LogP contribution in [0.15, 0.2) is 0 Å². The summed E-state index contributed by atoms with van der Waals surface area (Å²) in [6.07, 6.45) is 0. The van der Waals surface area contributed by atoms with Crippen molar-refractivity contribution in [2.75, 3.05) is 31.1 Å². The van der Waals surface area contributed by atoms with E-state index in [1.807, 2.05) is 11.8 Å². The quantitative estimate of drug-likeness (QED) is 0.701. The Morgan fingerprint density at radius 2 is 2.15 bits per heavy atom. The average molecular weight is 202 g/mol. The monoisotopic (exact) mass is 202 g/mol. The molecule has 0 amide bonds. The van der Waals surface area contributed by atoms with E-state index in [2.05, 4.69) is 31.0 Å². The molecule has 3 heteroatoms. The third kappa shape index (κ3) is 3.88. The Hall–Kier alpha value is 0.270. The SMILES string of the molecule is CCN(CCNC1CSC1)C(C)C. The smallest absolute Gasteiger partial charge is 0.0249 e. The predicted molar refractivity (Wildman–Crippen MR) is 61.5 cm³/mol. The fourth-order valence-corrected chi connectivity index (χ4v) is 2.25. The van der Waals surface area contributed by atoms with Gasteiger partial charge in [-0.3, -0.25) is 4.90 Å². The van der Waals surface area contributed by atoms with Gasteiger partial charge in [-0.25, -0.2) is 0 Å². The molecule has 0 aromatic carbocycles. The average Bonchev–Trinajstić information content (AvgIpc) is 2.00. The highest BCUT2D eigenvalue weighted by Gasteiger charge is 2.17. The molecule has 1 aliphatic rings. The van der Waals surface area contributed by atoms with Gasteiger partial charge in [0, 0.05) is 36.7 Å². The lowest BCUT2D eigenvalue weighted by atomic mass is 10.3. The molecule has 1 fully saturated rings. The molecule has 78 valence electrons. The Morgan fingerprint density at radius 3 is 2.54 bits per heavy atom. The van der Waals surface area contributed by atoms with Crippen molar-refractivity contribution < 1.29 is 0 Å². The number of likely N-dealkylation sites (N-methyl/N-ethyl adjacent to an activating group) is 1. The van der Waals surface area contributed by atoms with Gasteiger partial charge in [0.25, 0.3) is 0 Å². The van der Waals surface area contributed by atoms with Crippen LogP contribution in [-0.2, 0) is 0 Å². The van der Waals surface area contributed by atoms with Gasteiger partial charge in [-0.05, 0) is 20.4 Å². The molecule has 2 nitrogen and oxygen atoms in total. The minimum atomic E-state index is 0.683. The molecule has 0 spiro atoms. The zero-order chi connectivity index (χ0) is 9.68. The first kappa shape index (κ1) is 11.3. The van der Waals surface area contributed by atoms with Crippen LogP contribution in [0.1, 0.15) is 20.8 Å². The molecule has 0 aromatic heterocycles. The van der Waals surface area contributed by atoms with Crippen molar-refractivity contribution in [2.24, 2.45) is 0 Å². The van der Waals surface area contributed by atoms with Crippen molar-refractivity contribution in [1.82, 2.24) is 10.2 Å². The largest absolute Gasteiger partial charge is 0.311 e. The van der Waals surface area contributed by atoms with Gasteiger partial charge >= 0.3 is 0 Å². The number of hydrogen-bond donors (Lipinski definition) is 1. The minimum absolute atomic E-state index is 0.683. The van der Waals surface area contributed by atoms with Gasteiger partial charge in [0.05, 0.1) is 0 Å². The molecule has 0 aromatic rings. The Morgan fingerprint density at radius 1 is 1.46 bits per heavy atom. The zero-order valence-corrected chi connectivity index (χ0v) is 9.86. The Labute approximate surface area is 86.5 Å². The van der Waals surface area contributed by atoms with Gasteiger partial charge in [-0.2, -0.15) is 11.8 Å². The van der Waals surface area contributed by atoms with Gasteiger partial charge in [0.1, 0.15) is 0 Å². The Balaban J connectivity index is 2.01. The molecule has 1 heterocycles. The lowest BCUT2D eigenvalue weighted by molar-refractivity contribution is 0.232. The van der Waals surface area contributed by atoms with Crippen LogP contribution in [0.2, 0.25) is 0 Å². The van der Waals surface area contributed by atoms with E-state index in [0.29, 0.717) is 6.04 Å². The summed E-state index contributed by atoms with van der Waals surface area (Å²) in [6, 6.07) is 1.48. The van der Waals surface area contributed by atoms with E-state index in [1.54, 1.807) is 0 Å². The van der Waals surface area contributed by atoms with Crippen LogP contribution in [0.4, 0.5) is 0 Å². The maximum atomic E-state index is 3.58. The molecular formula is C10H22N2S. The van der Waals surface area contributed by atoms with Crippen molar-refractivity contribution in [3.8, 4) is 0 Å². The van der Waals surface area contributed by atoms with Crippen LogP contribution in [-0.4, -0.2) is 48.1 Å². The van der Waals surface area contributed by atoms with Crippen molar-refractivity contribution in [2.45, 2.75) is 32.9 Å². The number of thioether (sulfide) groups is 1. The fourth-order valence-electron chi connectivity index (χ4n) is 1.55. The summed E-state index contributed by atoms with van der Waals surface area (Å²) in [5.74, 6) is 2.63. The standard InChI is InChI=1S/C10H22N2S/c1-4-12(9(2)3)6-5-11-10-7-13-8-10/h9-11H,4-8H2,1-3H3. The summed E-state index contributed by atoms with van der Waals surface area (Å²) < 4.78 is 0. The highest BCUT2D eigenvalue weighted by molar-refractivity contribution is 8.00. The molecule has 0 bridgehead atoms. The van der Waals surface area contributed by atoms with E-state index in [-0.39, 0.29) is 0 Å². The lowest BCUT2D eigenvalue weighted by Crippen LogP contribution is -2.45. The Kier molecular flexibility index (Phi) is 5.14. The van der Waals surface area contributed by atoms with Crippen LogP contribution in [0.25, 0.3) is 0 Å². The molecule has 0 unspecified atom stereocenters. The third-order valence-corrected chi connectivity index (χ3v) is 3.88. The first-order valence-electron chi connectivity index (χ1n) is 5.29. The highest BCUT2D eigenvalue weighted by Crippen LogP contribution is 2.16. The molecule has 0 saturated carbocycles. The van der Waals surface area contributed by atoms with Crippen molar-refractivity contribution in [1.29, 1.82) is 0 Å². The number of nitrogens with one attached hydrogen (secondary N) is 1. The van der Waals surface area contributed by atoms with Crippen molar-refractivity contribution in [3.63, 3.8) is 0 Å². The molecule has 1 saturated heterocycles. The summed E-state index contributed by atoms with van der Waals surface area (Å²) in [7, 11) is 0. The van der Waals surface area contributed by atoms with E-state index < -0.39 is 0 Å². The van der Waals surface area contributed by atoms with Crippen LogP contribution in [0.5, 0.6) is 0 Å². The van der Waals surface area contributed by atoms with Crippen LogP contribution >= 0.6 is 11.8 Å². The first-order chi connectivity index (χ1) is 6.24. The fraction of sp³-hybridized carbons (Fsp3) is 1.00. The lowest BCUT2D eigenvalue weighted by Gasteiger charge is -2.29.